The second-order valence-electron chi connectivity index (χ2n) is 3.58. The second kappa shape index (κ2) is 4.26. The molecule has 0 radical (unpaired) electrons. The number of ether oxygens (including phenoxy) is 1. The Morgan fingerprint density at radius 3 is 2.71 bits per heavy atom. The van der Waals surface area contributed by atoms with E-state index >= 15 is 0 Å². The molecule has 0 aromatic heterocycles. The highest BCUT2D eigenvalue weighted by atomic mass is 16.5. The molecule has 2 heteroatoms. The average molecular weight is 187 g/mol. The van der Waals surface area contributed by atoms with E-state index in [0.717, 1.165) is 25.0 Å². The van der Waals surface area contributed by atoms with Crippen molar-refractivity contribution in [3.05, 3.63) is 35.4 Å². The van der Waals surface area contributed by atoms with Gasteiger partial charge in [0.15, 0.2) is 0 Å². The molecule has 0 N–H and O–H groups in total. The zero-order valence-corrected chi connectivity index (χ0v) is 8.07. The van der Waals surface area contributed by atoms with E-state index in [4.69, 9.17) is 10.00 Å². The molecule has 1 aliphatic rings. The van der Waals surface area contributed by atoms with Gasteiger partial charge in [-0.05, 0) is 24.0 Å². The van der Waals surface area contributed by atoms with Crippen LogP contribution in [0, 0.1) is 11.3 Å². The van der Waals surface area contributed by atoms with Crippen LogP contribution in [-0.2, 0) is 11.2 Å². The highest BCUT2D eigenvalue weighted by molar-refractivity contribution is 5.26. The van der Waals surface area contributed by atoms with Gasteiger partial charge in [0.25, 0.3) is 0 Å². The standard InChI is InChI=1S/C12H13NO/c13-8-7-10-3-5-11(6-4-10)12-2-1-9-14-12/h3-6,12H,1-2,7,9H2. The van der Waals surface area contributed by atoms with Crippen molar-refractivity contribution >= 4 is 0 Å². The van der Waals surface area contributed by atoms with E-state index in [0.29, 0.717) is 6.42 Å². The van der Waals surface area contributed by atoms with Crippen LogP contribution in [0.15, 0.2) is 24.3 Å². The Morgan fingerprint density at radius 2 is 2.14 bits per heavy atom. The van der Waals surface area contributed by atoms with Crippen LogP contribution in [0.2, 0.25) is 0 Å². The molecule has 1 aromatic rings. The molecule has 2 rings (SSSR count). The fourth-order valence-corrected chi connectivity index (χ4v) is 1.78. The van der Waals surface area contributed by atoms with Gasteiger partial charge in [0.2, 0.25) is 0 Å². The quantitative estimate of drug-likeness (QED) is 0.713. The fourth-order valence-electron chi connectivity index (χ4n) is 1.78. The van der Waals surface area contributed by atoms with E-state index in [1.165, 1.54) is 5.56 Å². The third-order valence-electron chi connectivity index (χ3n) is 2.56. The van der Waals surface area contributed by atoms with Crippen molar-refractivity contribution in [3.8, 4) is 6.07 Å². The third kappa shape index (κ3) is 1.94. The molecule has 1 aromatic carbocycles. The van der Waals surface area contributed by atoms with E-state index in [9.17, 15) is 0 Å². The normalized spacial score (nSPS) is 20.6. The Kier molecular flexibility index (Phi) is 2.81. The van der Waals surface area contributed by atoms with Gasteiger partial charge < -0.3 is 4.74 Å². The third-order valence-corrected chi connectivity index (χ3v) is 2.56. The molecule has 0 amide bonds. The average Bonchev–Trinajstić information content (AvgIpc) is 2.72. The largest absolute Gasteiger partial charge is 0.374 e. The summed E-state index contributed by atoms with van der Waals surface area (Å²) in [4.78, 5) is 0. The molecule has 2 nitrogen and oxygen atoms in total. The van der Waals surface area contributed by atoms with Gasteiger partial charge in [0, 0.05) is 6.61 Å². The highest BCUT2D eigenvalue weighted by Crippen LogP contribution is 2.28. The van der Waals surface area contributed by atoms with Crippen LogP contribution in [0.3, 0.4) is 0 Å². The Bertz CT molecular complexity index is 330. The predicted molar refractivity (Wildman–Crippen MR) is 53.7 cm³/mol. The molecule has 1 fully saturated rings. The number of hydrogen-bond acceptors (Lipinski definition) is 2. The molecule has 0 spiro atoms. The summed E-state index contributed by atoms with van der Waals surface area (Å²) in [6.07, 6.45) is 3.06. The molecular weight excluding hydrogens is 174 g/mol. The molecule has 1 unspecified atom stereocenters. The number of nitrogens with zero attached hydrogens (tertiary/aromatic N) is 1. The lowest BCUT2D eigenvalue weighted by atomic mass is 10.0. The summed E-state index contributed by atoms with van der Waals surface area (Å²) in [6.45, 7) is 0.880. The maximum absolute atomic E-state index is 8.53. The molecule has 72 valence electrons. The molecule has 1 atom stereocenters. The van der Waals surface area contributed by atoms with E-state index in [1.54, 1.807) is 0 Å². The molecule has 14 heavy (non-hydrogen) atoms. The van der Waals surface area contributed by atoms with Crippen LogP contribution in [0.4, 0.5) is 0 Å². The fraction of sp³-hybridized carbons (Fsp3) is 0.417. The van der Waals surface area contributed by atoms with Crippen LogP contribution in [0.5, 0.6) is 0 Å². The van der Waals surface area contributed by atoms with Gasteiger partial charge in [-0.15, -0.1) is 0 Å². The predicted octanol–water partition coefficient (Wildman–Crippen LogP) is 2.60. The Balaban J connectivity index is 2.09. The first-order chi connectivity index (χ1) is 6.90. The minimum Gasteiger partial charge on any atom is -0.374 e. The van der Waals surface area contributed by atoms with E-state index in [-0.39, 0.29) is 6.10 Å². The molecule has 0 saturated carbocycles. The van der Waals surface area contributed by atoms with Gasteiger partial charge in [0.1, 0.15) is 0 Å². The van der Waals surface area contributed by atoms with Gasteiger partial charge in [-0.1, -0.05) is 24.3 Å². The van der Waals surface area contributed by atoms with E-state index in [1.807, 2.05) is 12.1 Å². The van der Waals surface area contributed by atoms with Crippen molar-refractivity contribution in [1.82, 2.24) is 0 Å². The Hall–Kier alpha value is -1.33. The molecule has 0 aliphatic carbocycles. The summed E-state index contributed by atoms with van der Waals surface area (Å²) >= 11 is 0. The van der Waals surface area contributed by atoms with E-state index in [2.05, 4.69) is 18.2 Å². The summed E-state index contributed by atoms with van der Waals surface area (Å²) < 4.78 is 5.57. The molecule has 0 bridgehead atoms. The van der Waals surface area contributed by atoms with Crippen molar-refractivity contribution in [2.24, 2.45) is 0 Å². The van der Waals surface area contributed by atoms with Crippen LogP contribution in [0.25, 0.3) is 0 Å². The van der Waals surface area contributed by atoms with Crippen molar-refractivity contribution in [3.63, 3.8) is 0 Å². The first-order valence-electron chi connectivity index (χ1n) is 4.97. The minimum atomic E-state index is 0.283. The topological polar surface area (TPSA) is 33.0 Å². The first-order valence-corrected chi connectivity index (χ1v) is 4.97. The second-order valence-corrected chi connectivity index (χ2v) is 3.58. The van der Waals surface area contributed by atoms with Crippen molar-refractivity contribution in [2.45, 2.75) is 25.4 Å². The zero-order chi connectivity index (χ0) is 9.80. The van der Waals surface area contributed by atoms with Gasteiger partial charge in [-0.2, -0.15) is 5.26 Å². The lowest BCUT2D eigenvalue weighted by Gasteiger charge is -2.09. The maximum Gasteiger partial charge on any atom is 0.0825 e. The van der Waals surface area contributed by atoms with Crippen LogP contribution in [-0.4, -0.2) is 6.61 Å². The summed E-state index contributed by atoms with van der Waals surface area (Å²) in [5.74, 6) is 0. The minimum absolute atomic E-state index is 0.283. The van der Waals surface area contributed by atoms with Crippen LogP contribution in [0.1, 0.15) is 30.1 Å². The Morgan fingerprint density at radius 1 is 1.36 bits per heavy atom. The molecule has 1 saturated heterocycles. The molecular formula is C12H13NO. The Labute approximate surface area is 84.1 Å². The molecule has 1 heterocycles. The SMILES string of the molecule is N#CCc1ccc(C2CCCO2)cc1. The smallest absolute Gasteiger partial charge is 0.0825 e. The monoisotopic (exact) mass is 187 g/mol. The number of benzene rings is 1. The number of hydrogen-bond donors (Lipinski definition) is 0. The van der Waals surface area contributed by atoms with Crippen molar-refractivity contribution in [2.75, 3.05) is 6.61 Å². The number of nitriles is 1. The van der Waals surface area contributed by atoms with Crippen molar-refractivity contribution < 1.29 is 4.74 Å². The van der Waals surface area contributed by atoms with Gasteiger partial charge in [0.05, 0.1) is 18.6 Å². The lowest BCUT2D eigenvalue weighted by Crippen LogP contribution is -1.95. The summed E-state index contributed by atoms with van der Waals surface area (Å²) in [6, 6.07) is 10.3. The lowest BCUT2D eigenvalue weighted by molar-refractivity contribution is 0.112. The summed E-state index contributed by atoms with van der Waals surface area (Å²) in [7, 11) is 0. The first kappa shape index (κ1) is 9.23. The van der Waals surface area contributed by atoms with Crippen molar-refractivity contribution in [1.29, 1.82) is 5.26 Å². The molecule has 1 aliphatic heterocycles. The van der Waals surface area contributed by atoms with Crippen LogP contribution < -0.4 is 0 Å². The van der Waals surface area contributed by atoms with Crippen LogP contribution >= 0.6 is 0 Å². The van der Waals surface area contributed by atoms with E-state index < -0.39 is 0 Å². The summed E-state index contributed by atoms with van der Waals surface area (Å²) in [5, 5.41) is 8.53. The zero-order valence-electron chi connectivity index (χ0n) is 8.07. The van der Waals surface area contributed by atoms with Gasteiger partial charge in [-0.3, -0.25) is 0 Å². The maximum atomic E-state index is 8.53. The van der Waals surface area contributed by atoms with Gasteiger partial charge in [-0.25, -0.2) is 0 Å². The van der Waals surface area contributed by atoms with Gasteiger partial charge >= 0.3 is 0 Å². The highest BCUT2D eigenvalue weighted by Gasteiger charge is 2.16. The number of rotatable bonds is 2. The summed E-state index contributed by atoms with van der Waals surface area (Å²) in [5.41, 5.74) is 2.32.